The molecule has 5 rings (SSSR count). The molecule has 2 saturated heterocycles. The van der Waals surface area contributed by atoms with Crippen LogP contribution in [0.2, 0.25) is 0 Å². The fourth-order valence-corrected chi connectivity index (χ4v) is 7.78. The van der Waals surface area contributed by atoms with E-state index >= 15 is 0 Å². The molecule has 32 heavy (non-hydrogen) atoms. The predicted molar refractivity (Wildman–Crippen MR) is 130 cm³/mol. The fourth-order valence-electron chi connectivity index (χ4n) is 5.57. The molecule has 6 nitrogen and oxygen atoms in total. The summed E-state index contributed by atoms with van der Waals surface area (Å²) in [6.07, 6.45) is 7.60. The smallest absolute Gasteiger partial charge is 0.263 e. The molecule has 2 fully saturated rings. The van der Waals surface area contributed by atoms with Gasteiger partial charge in [0.15, 0.2) is 5.16 Å². The molecule has 4 heterocycles. The average molecular weight is 476 g/mol. The third-order valence-electron chi connectivity index (χ3n) is 7.00. The van der Waals surface area contributed by atoms with Crippen LogP contribution in [0.3, 0.4) is 0 Å². The summed E-state index contributed by atoms with van der Waals surface area (Å²) in [5.41, 5.74) is 1.28. The van der Waals surface area contributed by atoms with Crippen LogP contribution in [0.25, 0.3) is 10.2 Å². The molecule has 0 radical (unpaired) electrons. The zero-order valence-electron chi connectivity index (χ0n) is 19.1. The highest BCUT2D eigenvalue weighted by Crippen LogP contribution is 2.35. The molecule has 174 valence electrons. The SMILES string of the molecule is CC1CC(C)CN(C(=O)CSc2nc3sc4c(c3c(=O)n2CC2CCCO2)CCCC4)C1. The Labute approximate surface area is 197 Å². The van der Waals surface area contributed by atoms with E-state index in [9.17, 15) is 9.59 Å². The Kier molecular flexibility index (Phi) is 6.63. The van der Waals surface area contributed by atoms with Gasteiger partial charge >= 0.3 is 0 Å². The number of piperidine rings is 1. The number of carbonyl (C=O) groups is 1. The van der Waals surface area contributed by atoms with Gasteiger partial charge < -0.3 is 9.64 Å². The summed E-state index contributed by atoms with van der Waals surface area (Å²) >= 11 is 3.10. The van der Waals surface area contributed by atoms with Crippen LogP contribution < -0.4 is 5.56 Å². The lowest BCUT2D eigenvalue weighted by Gasteiger charge is -2.35. The average Bonchev–Trinajstić information content (AvgIpc) is 3.41. The summed E-state index contributed by atoms with van der Waals surface area (Å²) in [5, 5.41) is 1.49. The summed E-state index contributed by atoms with van der Waals surface area (Å²) in [5.74, 6) is 1.56. The number of thiophene rings is 1. The number of rotatable bonds is 5. The maximum atomic E-state index is 13.7. The van der Waals surface area contributed by atoms with E-state index in [0.717, 1.165) is 62.0 Å². The summed E-state index contributed by atoms with van der Waals surface area (Å²) < 4.78 is 7.65. The molecule has 0 N–H and O–H groups in total. The van der Waals surface area contributed by atoms with Crippen molar-refractivity contribution >= 4 is 39.2 Å². The van der Waals surface area contributed by atoms with Gasteiger partial charge in [0, 0.05) is 24.6 Å². The minimum absolute atomic E-state index is 0.0556. The Bertz CT molecular complexity index is 1050. The second-order valence-electron chi connectivity index (χ2n) is 9.87. The third-order valence-corrected chi connectivity index (χ3v) is 9.14. The highest BCUT2D eigenvalue weighted by atomic mass is 32.2. The van der Waals surface area contributed by atoms with Crippen LogP contribution in [0.15, 0.2) is 9.95 Å². The lowest BCUT2D eigenvalue weighted by Crippen LogP contribution is -2.43. The van der Waals surface area contributed by atoms with Crippen molar-refractivity contribution in [2.45, 2.75) is 76.6 Å². The first-order valence-corrected chi connectivity index (χ1v) is 13.9. The van der Waals surface area contributed by atoms with Gasteiger partial charge in [-0.3, -0.25) is 14.2 Å². The van der Waals surface area contributed by atoms with E-state index in [1.54, 1.807) is 15.9 Å². The molecular formula is C24H33N3O3S2. The zero-order valence-corrected chi connectivity index (χ0v) is 20.7. The molecule has 0 saturated carbocycles. The number of carbonyl (C=O) groups excluding carboxylic acids is 1. The van der Waals surface area contributed by atoms with Crippen LogP contribution in [0.5, 0.6) is 0 Å². The highest BCUT2D eigenvalue weighted by Gasteiger charge is 2.28. The van der Waals surface area contributed by atoms with E-state index in [-0.39, 0.29) is 17.6 Å². The molecule has 3 atom stereocenters. The van der Waals surface area contributed by atoms with Gasteiger partial charge in [0.2, 0.25) is 5.91 Å². The summed E-state index contributed by atoms with van der Waals surface area (Å²) in [6, 6.07) is 0. The van der Waals surface area contributed by atoms with Crippen LogP contribution in [0.4, 0.5) is 0 Å². The third kappa shape index (κ3) is 4.50. The van der Waals surface area contributed by atoms with Gasteiger partial charge in [-0.2, -0.15) is 0 Å². The Hall–Kier alpha value is -1.38. The van der Waals surface area contributed by atoms with Crippen LogP contribution in [-0.4, -0.2) is 51.9 Å². The molecule has 0 spiro atoms. The van der Waals surface area contributed by atoms with Crippen LogP contribution in [0, 0.1) is 11.8 Å². The highest BCUT2D eigenvalue weighted by molar-refractivity contribution is 7.99. The van der Waals surface area contributed by atoms with E-state index in [2.05, 4.69) is 13.8 Å². The fraction of sp³-hybridized carbons (Fsp3) is 0.708. The van der Waals surface area contributed by atoms with Crippen molar-refractivity contribution in [3.63, 3.8) is 0 Å². The molecule has 2 aliphatic heterocycles. The van der Waals surface area contributed by atoms with E-state index in [1.807, 2.05) is 4.90 Å². The summed E-state index contributed by atoms with van der Waals surface area (Å²) in [6.45, 7) is 7.38. The summed E-state index contributed by atoms with van der Waals surface area (Å²) in [4.78, 5) is 35.8. The van der Waals surface area contributed by atoms with Crippen molar-refractivity contribution in [2.24, 2.45) is 11.8 Å². The standard InChI is InChI=1S/C24H33N3O3S2/c1-15-10-16(2)12-26(11-15)20(28)14-31-24-25-22-21(18-7-3-4-8-19(18)32-22)23(29)27(24)13-17-6-5-9-30-17/h15-17H,3-14H2,1-2H3. The number of thioether (sulfide) groups is 1. The molecule has 1 amide bonds. The topological polar surface area (TPSA) is 64.4 Å². The lowest BCUT2D eigenvalue weighted by atomic mass is 9.92. The van der Waals surface area contributed by atoms with Crippen LogP contribution in [-0.2, 0) is 28.9 Å². The van der Waals surface area contributed by atoms with Crippen molar-refractivity contribution in [1.82, 2.24) is 14.5 Å². The second-order valence-corrected chi connectivity index (χ2v) is 11.9. The van der Waals surface area contributed by atoms with Crippen molar-refractivity contribution in [2.75, 3.05) is 25.4 Å². The molecular weight excluding hydrogens is 442 g/mol. The van der Waals surface area contributed by atoms with Crippen molar-refractivity contribution in [3.05, 3.63) is 20.8 Å². The first-order chi connectivity index (χ1) is 15.5. The molecule has 8 heteroatoms. The van der Waals surface area contributed by atoms with Gasteiger partial charge in [0.25, 0.3) is 5.56 Å². The monoisotopic (exact) mass is 475 g/mol. The van der Waals surface area contributed by atoms with Gasteiger partial charge in [0.05, 0.1) is 23.8 Å². The number of aryl methyl sites for hydroxylation is 2. The first kappa shape index (κ1) is 22.4. The van der Waals surface area contributed by atoms with Crippen molar-refractivity contribution in [3.8, 4) is 0 Å². The largest absolute Gasteiger partial charge is 0.376 e. The van der Waals surface area contributed by atoms with Gasteiger partial charge in [-0.25, -0.2) is 4.98 Å². The normalized spacial score (nSPS) is 25.9. The number of ether oxygens (including phenoxy) is 1. The molecule has 2 aromatic heterocycles. The second kappa shape index (κ2) is 9.47. The van der Waals surface area contributed by atoms with Gasteiger partial charge in [-0.15, -0.1) is 11.3 Å². The number of likely N-dealkylation sites (tertiary alicyclic amines) is 1. The minimum Gasteiger partial charge on any atom is -0.376 e. The number of nitrogens with zero attached hydrogens (tertiary/aromatic N) is 3. The maximum absolute atomic E-state index is 13.7. The molecule has 3 unspecified atom stereocenters. The van der Waals surface area contributed by atoms with Crippen molar-refractivity contribution < 1.29 is 9.53 Å². The van der Waals surface area contributed by atoms with Crippen LogP contribution >= 0.6 is 23.1 Å². The quantitative estimate of drug-likeness (QED) is 0.481. The molecule has 3 aliphatic rings. The Morgan fingerprint density at radius 3 is 2.72 bits per heavy atom. The number of hydrogen-bond acceptors (Lipinski definition) is 6. The van der Waals surface area contributed by atoms with E-state index in [1.165, 1.54) is 35.0 Å². The number of aromatic nitrogens is 2. The Morgan fingerprint density at radius 1 is 1.19 bits per heavy atom. The molecule has 1 aliphatic carbocycles. The van der Waals surface area contributed by atoms with Gasteiger partial charge in [0.1, 0.15) is 4.83 Å². The minimum atomic E-state index is 0.0556. The van der Waals surface area contributed by atoms with Crippen LogP contribution in [0.1, 0.15) is 56.4 Å². The maximum Gasteiger partial charge on any atom is 0.263 e. The molecule has 0 aromatic carbocycles. The molecule has 2 aromatic rings. The number of amides is 1. The Morgan fingerprint density at radius 2 is 1.97 bits per heavy atom. The van der Waals surface area contributed by atoms with Gasteiger partial charge in [-0.1, -0.05) is 25.6 Å². The number of hydrogen-bond donors (Lipinski definition) is 0. The first-order valence-electron chi connectivity index (χ1n) is 12.1. The molecule has 0 bridgehead atoms. The van der Waals surface area contributed by atoms with Gasteiger partial charge in [-0.05, 0) is 62.3 Å². The van der Waals surface area contributed by atoms with E-state index in [0.29, 0.717) is 29.3 Å². The lowest BCUT2D eigenvalue weighted by molar-refractivity contribution is -0.130. The van der Waals surface area contributed by atoms with E-state index < -0.39 is 0 Å². The zero-order chi connectivity index (χ0) is 22.2. The number of fused-ring (bicyclic) bond motifs is 3. The predicted octanol–water partition coefficient (Wildman–Crippen LogP) is 4.11. The van der Waals surface area contributed by atoms with E-state index in [4.69, 9.17) is 9.72 Å². The summed E-state index contributed by atoms with van der Waals surface area (Å²) in [7, 11) is 0. The Balaban J connectivity index is 1.44. The van der Waals surface area contributed by atoms with Crippen molar-refractivity contribution in [1.29, 1.82) is 0 Å².